The third-order valence-electron chi connectivity index (χ3n) is 5.39. The Labute approximate surface area is 192 Å². The Morgan fingerprint density at radius 1 is 1.27 bits per heavy atom. The molecule has 5 nitrogen and oxygen atoms in total. The van der Waals surface area contributed by atoms with Gasteiger partial charge in [-0.15, -0.1) is 21.5 Å². The topological polar surface area (TPSA) is 52.3 Å². The molecule has 4 aromatic rings. The maximum absolute atomic E-state index is 6.34. The number of rotatable bonds is 5. The van der Waals surface area contributed by atoms with Crippen LogP contribution in [0.25, 0.3) is 15.9 Å². The van der Waals surface area contributed by atoms with Crippen LogP contribution in [0.2, 0.25) is 5.02 Å². The number of hydrogen-bond acceptors (Lipinski definition) is 7. The number of fused-ring (bicyclic) bond motifs is 5. The minimum Gasteiger partial charge on any atom is -0.372 e. The fraction of sp³-hybridized carbons (Fsp3) is 0.381. The quantitative estimate of drug-likeness (QED) is 0.256. The van der Waals surface area contributed by atoms with Gasteiger partial charge in [-0.25, -0.2) is 9.38 Å². The molecule has 1 atom stereocenters. The van der Waals surface area contributed by atoms with Crippen LogP contribution in [0.5, 0.6) is 0 Å². The molecular weight excluding hydrogens is 456 g/mol. The summed E-state index contributed by atoms with van der Waals surface area (Å²) in [6, 6.07) is 7.92. The first kappa shape index (κ1) is 20.6. The van der Waals surface area contributed by atoms with Crippen molar-refractivity contribution in [3.8, 4) is 0 Å². The first-order valence-electron chi connectivity index (χ1n) is 9.78. The predicted octanol–water partition coefficient (Wildman–Crippen LogP) is 6.10. The average Bonchev–Trinajstić information content (AvgIpc) is 3.32. The lowest BCUT2D eigenvalue weighted by atomic mass is 9.96. The number of hydrogen-bond donors (Lipinski definition) is 0. The fourth-order valence-corrected chi connectivity index (χ4v) is 6.73. The van der Waals surface area contributed by atoms with Gasteiger partial charge < -0.3 is 4.74 Å². The zero-order valence-electron chi connectivity index (χ0n) is 16.9. The Balaban J connectivity index is 1.60. The summed E-state index contributed by atoms with van der Waals surface area (Å²) in [4.78, 5) is 7.27. The molecule has 5 rings (SSSR count). The third kappa shape index (κ3) is 3.52. The van der Waals surface area contributed by atoms with E-state index in [1.165, 1.54) is 10.4 Å². The molecule has 0 bridgehead atoms. The third-order valence-corrected chi connectivity index (χ3v) is 8.48. The molecule has 1 unspecified atom stereocenters. The van der Waals surface area contributed by atoms with Crippen molar-refractivity contribution in [2.24, 2.45) is 5.92 Å². The maximum Gasteiger partial charge on any atom is 0.198 e. The van der Waals surface area contributed by atoms with E-state index in [9.17, 15) is 0 Å². The molecule has 0 spiro atoms. The van der Waals surface area contributed by atoms with E-state index in [0.29, 0.717) is 12.5 Å². The highest BCUT2D eigenvalue weighted by Crippen LogP contribution is 2.40. The highest BCUT2D eigenvalue weighted by atomic mass is 35.5. The average molecular weight is 477 g/mol. The van der Waals surface area contributed by atoms with Gasteiger partial charge in [-0.3, -0.25) is 0 Å². The number of thioether (sulfide) groups is 2. The molecule has 0 amide bonds. The summed E-state index contributed by atoms with van der Waals surface area (Å²) in [6.07, 6.45) is 3.17. The highest BCUT2D eigenvalue weighted by Gasteiger charge is 2.29. The molecule has 0 N–H and O–H groups in total. The summed E-state index contributed by atoms with van der Waals surface area (Å²) in [5, 5.41) is 12.8. The molecular formula is C21H21ClN4OS3. The van der Waals surface area contributed by atoms with Crippen LogP contribution in [0.15, 0.2) is 34.6 Å². The molecule has 9 heteroatoms. The lowest BCUT2D eigenvalue weighted by molar-refractivity contribution is 0.00203. The van der Waals surface area contributed by atoms with Crippen LogP contribution in [0, 0.1) is 5.92 Å². The first-order chi connectivity index (χ1) is 14.6. The summed E-state index contributed by atoms with van der Waals surface area (Å²) in [5.74, 6) is 1.21. The van der Waals surface area contributed by atoms with E-state index in [1.807, 2.05) is 30.5 Å². The van der Waals surface area contributed by atoms with E-state index in [1.54, 1.807) is 34.9 Å². The van der Waals surface area contributed by atoms with Gasteiger partial charge in [0.25, 0.3) is 0 Å². The smallest absolute Gasteiger partial charge is 0.198 e. The zero-order chi connectivity index (χ0) is 20.8. The Morgan fingerprint density at radius 3 is 2.87 bits per heavy atom. The molecule has 1 aliphatic rings. The second-order valence-electron chi connectivity index (χ2n) is 7.60. The number of benzene rings is 1. The summed E-state index contributed by atoms with van der Waals surface area (Å²) in [7, 11) is 0. The van der Waals surface area contributed by atoms with Gasteiger partial charge in [0, 0.05) is 22.1 Å². The van der Waals surface area contributed by atoms with Gasteiger partial charge in [-0.2, -0.15) is 0 Å². The molecule has 0 fully saturated rings. The van der Waals surface area contributed by atoms with Crippen molar-refractivity contribution in [1.82, 2.24) is 19.6 Å². The highest BCUT2D eigenvalue weighted by molar-refractivity contribution is 7.99. The lowest BCUT2D eigenvalue weighted by Gasteiger charge is -2.26. The fourth-order valence-electron chi connectivity index (χ4n) is 3.74. The molecule has 0 radical (unpaired) electrons. The SMILES string of the molecule is CSc1nc2sc3c(c2c2nnc(SCc4ccccc4Cl)n12)CC(C(C)C)OC3. The molecule has 4 heterocycles. The van der Waals surface area contributed by atoms with Gasteiger partial charge in [0.05, 0.1) is 18.1 Å². The second-order valence-corrected chi connectivity index (χ2v) is 10.8. The van der Waals surface area contributed by atoms with Gasteiger partial charge in [-0.05, 0) is 29.4 Å². The van der Waals surface area contributed by atoms with Gasteiger partial charge in [0.15, 0.2) is 16.0 Å². The van der Waals surface area contributed by atoms with E-state index < -0.39 is 0 Å². The summed E-state index contributed by atoms with van der Waals surface area (Å²) >= 11 is 11.3. The van der Waals surface area contributed by atoms with E-state index in [4.69, 9.17) is 21.3 Å². The molecule has 156 valence electrons. The Kier molecular flexibility index (Phi) is 5.70. The summed E-state index contributed by atoms with van der Waals surface area (Å²) < 4.78 is 8.18. The minimum atomic E-state index is 0.229. The summed E-state index contributed by atoms with van der Waals surface area (Å²) in [5.41, 5.74) is 3.32. The van der Waals surface area contributed by atoms with Crippen LogP contribution < -0.4 is 0 Å². The monoisotopic (exact) mass is 476 g/mol. The van der Waals surface area contributed by atoms with E-state index in [2.05, 4.69) is 28.4 Å². The van der Waals surface area contributed by atoms with E-state index >= 15 is 0 Å². The van der Waals surface area contributed by atoms with Crippen molar-refractivity contribution in [1.29, 1.82) is 0 Å². The molecule has 3 aromatic heterocycles. The zero-order valence-corrected chi connectivity index (χ0v) is 20.1. The first-order valence-corrected chi connectivity index (χ1v) is 13.2. The molecule has 30 heavy (non-hydrogen) atoms. The molecule has 1 aromatic carbocycles. The number of aromatic nitrogens is 4. The van der Waals surface area contributed by atoms with E-state index in [-0.39, 0.29) is 6.10 Å². The maximum atomic E-state index is 6.34. The molecule has 1 aliphatic heterocycles. The Bertz CT molecular complexity index is 1240. The van der Waals surface area contributed by atoms with Gasteiger partial charge >= 0.3 is 0 Å². The molecule has 0 aliphatic carbocycles. The van der Waals surface area contributed by atoms with Crippen molar-refractivity contribution in [3.05, 3.63) is 45.3 Å². The van der Waals surface area contributed by atoms with Crippen LogP contribution >= 0.6 is 46.5 Å². The van der Waals surface area contributed by atoms with Crippen LogP contribution in [-0.4, -0.2) is 31.9 Å². The molecule has 0 saturated heterocycles. The lowest BCUT2D eigenvalue weighted by Crippen LogP contribution is -2.26. The summed E-state index contributed by atoms with van der Waals surface area (Å²) in [6.45, 7) is 5.08. The van der Waals surface area contributed by atoms with Gasteiger partial charge in [-0.1, -0.05) is 67.2 Å². The Morgan fingerprint density at radius 2 is 2.10 bits per heavy atom. The predicted molar refractivity (Wildman–Crippen MR) is 126 cm³/mol. The van der Waals surface area contributed by atoms with Crippen molar-refractivity contribution < 1.29 is 4.74 Å². The number of halogens is 1. The van der Waals surface area contributed by atoms with E-state index in [0.717, 1.165) is 48.9 Å². The van der Waals surface area contributed by atoms with Crippen LogP contribution in [0.4, 0.5) is 0 Å². The minimum absolute atomic E-state index is 0.229. The van der Waals surface area contributed by atoms with Crippen LogP contribution in [0.1, 0.15) is 29.9 Å². The largest absolute Gasteiger partial charge is 0.372 e. The second kappa shape index (κ2) is 8.31. The molecule has 0 saturated carbocycles. The van der Waals surface area contributed by atoms with Crippen molar-refractivity contribution >= 4 is 62.3 Å². The van der Waals surface area contributed by atoms with Crippen LogP contribution in [-0.2, 0) is 23.5 Å². The van der Waals surface area contributed by atoms with Crippen molar-refractivity contribution in [3.63, 3.8) is 0 Å². The standard InChI is InChI=1S/C21H21ClN4OS3/c1-11(2)15-8-13-16(9-27-15)30-19-17(13)18-24-25-21(26(18)20(23-19)28-3)29-10-12-6-4-5-7-14(12)22/h4-7,11,15H,8-10H2,1-3H3. The Hall–Kier alpha value is -1.32. The normalized spacial score (nSPS) is 16.6. The number of ether oxygens (including phenoxy) is 1. The number of thiophene rings is 1. The van der Waals surface area contributed by atoms with Crippen molar-refractivity contribution in [2.75, 3.05) is 6.26 Å². The van der Waals surface area contributed by atoms with Crippen molar-refractivity contribution in [2.45, 2.75) is 49.0 Å². The van der Waals surface area contributed by atoms with Gasteiger partial charge in [0.2, 0.25) is 0 Å². The van der Waals surface area contributed by atoms with Gasteiger partial charge in [0.1, 0.15) is 4.83 Å². The van der Waals surface area contributed by atoms with Crippen LogP contribution in [0.3, 0.4) is 0 Å². The number of nitrogens with zero attached hydrogens (tertiary/aromatic N) is 4.